The number of hydrogen-bond donors (Lipinski definition) is 2. The minimum atomic E-state index is -4.10. The number of carbonyl (C=O) groups excluding carboxylic acids is 1. The summed E-state index contributed by atoms with van der Waals surface area (Å²) >= 11 is 0. The number of benzene rings is 3. The number of fused-ring (bicyclic) bond motifs is 1. The second kappa shape index (κ2) is 8.83. The van der Waals surface area contributed by atoms with Crippen LogP contribution in [0.1, 0.15) is 5.56 Å². The molecule has 2 atom stereocenters. The van der Waals surface area contributed by atoms with Crippen molar-refractivity contribution in [2.45, 2.75) is 22.9 Å². The van der Waals surface area contributed by atoms with Crippen molar-refractivity contribution in [3.63, 3.8) is 0 Å². The van der Waals surface area contributed by atoms with Crippen molar-refractivity contribution in [3.05, 3.63) is 72.3 Å². The zero-order valence-electron chi connectivity index (χ0n) is 16.9. The highest BCUT2D eigenvalue weighted by Crippen LogP contribution is 2.31. The molecule has 3 aromatic carbocycles. The molecule has 0 radical (unpaired) electrons. The van der Waals surface area contributed by atoms with Crippen LogP contribution in [0.5, 0.6) is 0 Å². The number of esters is 1. The van der Waals surface area contributed by atoms with Crippen molar-refractivity contribution in [2.75, 3.05) is 19.0 Å². The van der Waals surface area contributed by atoms with E-state index in [1.807, 2.05) is 49.3 Å². The average molecular weight is 428 g/mol. The molecule has 0 bridgehead atoms. The van der Waals surface area contributed by atoms with Gasteiger partial charge in [0, 0.05) is 30.6 Å². The average Bonchev–Trinajstić information content (AvgIpc) is 2.76. The minimum absolute atomic E-state index is 0.0133. The first-order valence-electron chi connectivity index (χ1n) is 9.38. The molecule has 0 amide bonds. The molecule has 4 N–H and O–H groups in total. The molecule has 0 aliphatic rings. The van der Waals surface area contributed by atoms with Crippen molar-refractivity contribution < 1.29 is 17.9 Å². The number of carbonyl (C=O) groups is 1. The summed E-state index contributed by atoms with van der Waals surface area (Å²) in [5.41, 5.74) is 13.5. The molecule has 2 unspecified atom stereocenters. The highest BCUT2D eigenvalue weighted by atomic mass is 32.2. The van der Waals surface area contributed by atoms with E-state index in [1.54, 1.807) is 30.3 Å². The summed E-state index contributed by atoms with van der Waals surface area (Å²) < 4.78 is 31.6. The number of nitrogens with two attached hydrogens (primary N) is 2. The molecule has 0 aliphatic carbocycles. The highest BCUT2D eigenvalue weighted by Gasteiger charge is 2.35. The Balaban J connectivity index is 1.87. The van der Waals surface area contributed by atoms with E-state index in [9.17, 15) is 13.2 Å². The lowest BCUT2D eigenvalue weighted by Gasteiger charge is -2.21. The van der Waals surface area contributed by atoms with Crippen LogP contribution in [0.3, 0.4) is 0 Å². The van der Waals surface area contributed by atoms with Gasteiger partial charge in [-0.05, 0) is 17.7 Å². The number of nitrogens with zero attached hydrogens (tertiary/aromatic N) is 1. The van der Waals surface area contributed by atoms with Crippen molar-refractivity contribution in [2.24, 2.45) is 11.5 Å². The SMILES string of the molecule is CN(C)c1cccc2c(S(=O)(=O)C(N)C(N)C(=O)OCc3ccccc3)cccc12. The van der Waals surface area contributed by atoms with Gasteiger partial charge in [-0.25, -0.2) is 8.42 Å². The molecule has 8 heteroatoms. The van der Waals surface area contributed by atoms with Gasteiger partial charge in [0.1, 0.15) is 18.0 Å². The van der Waals surface area contributed by atoms with E-state index in [1.165, 1.54) is 6.07 Å². The maximum Gasteiger partial charge on any atom is 0.325 e. The van der Waals surface area contributed by atoms with Crippen LogP contribution in [-0.2, 0) is 26.0 Å². The standard InChI is InChI=1S/C22H25N3O4S/c1-25(2)18-12-6-11-17-16(18)10-7-13-19(17)30(27,28)21(24)20(23)22(26)29-14-15-8-4-3-5-9-15/h3-13,20-21H,14,23-24H2,1-2H3. The monoisotopic (exact) mass is 427 g/mol. The molecule has 30 heavy (non-hydrogen) atoms. The normalized spacial score (nSPS) is 13.6. The first kappa shape index (κ1) is 21.8. The van der Waals surface area contributed by atoms with Gasteiger partial charge in [-0.15, -0.1) is 0 Å². The van der Waals surface area contributed by atoms with Gasteiger partial charge in [-0.2, -0.15) is 0 Å². The minimum Gasteiger partial charge on any atom is -0.460 e. The van der Waals surface area contributed by atoms with Crippen LogP contribution in [0.4, 0.5) is 5.69 Å². The van der Waals surface area contributed by atoms with Crippen molar-refractivity contribution in [1.82, 2.24) is 0 Å². The van der Waals surface area contributed by atoms with Crippen LogP contribution in [0.25, 0.3) is 10.8 Å². The number of ether oxygens (including phenoxy) is 1. The Labute approximate surface area is 176 Å². The maximum absolute atomic E-state index is 13.2. The largest absolute Gasteiger partial charge is 0.460 e. The molecular weight excluding hydrogens is 402 g/mol. The molecule has 0 heterocycles. The third-order valence-electron chi connectivity index (χ3n) is 4.86. The summed E-state index contributed by atoms with van der Waals surface area (Å²) in [4.78, 5) is 14.3. The van der Waals surface area contributed by atoms with Crippen LogP contribution in [0, 0.1) is 0 Å². The third kappa shape index (κ3) is 4.30. The van der Waals surface area contributed by atoms with E-state index < -0.39 is 27.2 Å². The van der Waals surface area contributed by atoms with Crippen LogP contribution >= 0.6 is 0 Å². The van der Waals surface area contributed by atoms with Crippen LogP contribution in [0.2, 0.25) is 0 Å². The Bertz CT molecular complexity index is 1150. The predicted octanol–water partition coefficient (Wildman–Crippen LogP) is 2.04. The molecule has 0 fully saturated rings. The molecule has 3 aromatic rings. The lowest BCUT2D eigenvalue weighted by atomic mass is 10.1. The predicted molar refractivity (Wildman–Crippen MR) is 118 cm³/mol. The van der Waals surface area contributed by atoms with E-state index in [4.69, 9.17) is 16.2 Å². The van der Waals surface area contributed by atoms with Gasteiger partial charge in [-0.3, -0.25) is 4.79 Å². The number of hydrogen-bond acceptors (Lipinski definition) is 7. The highest BCUT2D eigenvalue weighted by molar-refractivity contribution is 7.92. The van der Waals surface area contributed by atoms with Gasteiger partial charge in [0.25, 0.3) is 0 Å². The van der Waals surface area contributed by atoms with Gasteiger partial charge in [0.15, 0.2) is 9.84 Å². The Kier molecular flexibility index (Phi) is 6.40. The van der Waals surface area contributed by atoms with Crippen molar-refractivity contribution in [3.8, 4) is 0 Å². The Morgan fingerprint density at radius 2 is 1.57 bits per heavy atom. The second-order valence-electron chi connectivity index (χ2n) is 7.15. The van der Waals surface area contributed by atoms with Gasteiger partial charge in [-0.1, -0.05) is 54.6 Å². The fourth-order valence-electron chi connectivity index (χ4n) is 3.20. The molecule has 3 rings (SSSR count). The van der Waals surface area contributed by atoms with E-state index in [2.05, 4.69) is 0 Å². The zero-order chi connectivity index (χ0) is 21.9. The summed E-state index contributed by atoms with van der Waals surface area (Å²) in [6.45, 7) is -0.0133. The Hall–Kier alpha value is -2.94. The summed E-state index contributed by atoms with van der Waals surface area (Å²) in [6.07, 6.45) is 0. The first-order valence-corrected chi connectivity index (χ1v) is 10.9. The van der Waals surface area contributed by atoms with E-state index in [0.29, 0.717) is 5.39 Å². The van der Waals surface area contributed by atoms with Crippen LogP contribution < -0.4 is 16.4 Å². The van der Waals surface area contributed by atoms with Gasteiger partial charge in [0.05, 0.1) is 4.90 Å². The second-order valence-corrected chi connectivity index (χ2v) is 9.23. The van der Waals surface area contributed by atoms with Gasteiger partial charge >= 0.3 is 5.97 Å². The molecule has 0 saturated heterocycles. The van der Waals surface area contributed by atoms with E-state index >= 15 is 0 Å². The van der Waals surface area contributed by atoms with E-state index in [-0.39, 0.29) is 11.5 Å². The lowest BCUT2D eigenvalue weighted by Crippen LogP contribution is -2.52. The van der Waals surface area contributed by atoms with Gasteiger partial charge < -0.3 is 21.1 Å². The third-order valence-corrected chi connectivity index (χ3v) is 6.83. The molecule has 0 saturated carbocycles. The Morgan fingerprint density at radius 3 is 2.23 bits per heavy atom. The number of rotatable bonds is 7. The topological polar surface area (TPSA) is 116 Å². The molecule has 0 aliphatic heterocycles. The quantitative estimate of drug-likeness (QED) is 0.554. The fourth-order valence-corrected chi connectivity index (χ4v) is 4.74. The summed E-state index contributed by atoms with van der Waals surface area (Å²) in [6, 6.07) is 17.8. The smallest absolute Gasteiger partial charge is 0.325 e. The summed E-state index contributed by atoms with van der Waals surface area (Å²) in [5.74, 6) is -0.871. The molecule has 158 valence electrons. The molecular formula is C22H25N3O4S. The molecule has 7 nitrogen and oxygen atoms in total. The molecule has 0 spiro atoms. The Morgan fingerprint density at radius 1 is 0.933 bits per heavy atom. The number of anilines is 1. The van der Waals surface area contributed by atoms with Crippen molar-refractivity contribution in [1.29, 1.82) is 0 Å². The van der Waals surface area contributed by atoms with Crippen molar-refractivity contribution >= 4 is 32.3 Å². The zero-order valence-corrected chi connectivity index (χ0v) is 17.7. The van der Waals surface area contributed by atoms with Gasteiger partial charge in [0.2, 0.25) is 0 Å². The van der Waals surface area contributed by atoms with Crippen LogP contribution in [0.15, 0.2) is 71.6 Å². The summed E-state index contributed by atoms with van der Waals surface area (Å²) in [5, 5.41) is -0.366. The number of sulfone groups is 1. The first-order chi connectivity index (χ1) is 14.2. The maximum atomic E-state index is 13.2. The molecule has 0 aromatic heterocycles. The van der Waals surface area contributed by atoms with E-state index in [0.717, 1.165) is 16.6 Å². The fraction of sp³-hybridized carbons (Fsp3) is 0.227. The lowest BCUT2D eigenvalue weighted by molar-refractivity contribution is -0.146. The summed E-state index contributed by atoms with van der Waals surface area (Å²) in [7, 11) is -0.351. The van der Waals surface area contributed by atoms with Crippen LogP contribution in [-0.4, -0.2) is 39.9 Å².